The summed E-state index contributed by atoms with van der Waals surface area (Å²) in [6.45, 7) is 4.75. The van der Waals surface area contributed by atoms with Gasteiger partial charge in [0.15, 0.2) is 5.78 Å². The predicted molar refractivity (Wildman–Crippen MR) is 237 cm³/mol. The average Bonchev–Trinajstić information content (AvgIpc) is 3.19. The number of aliphatic hydroxyl groups is 3. The Morgan fingerprint density at radius 3 is 1.49 bits per heavy atom. The summed E-state index contributed by atoms with van der Waals surface area (Å²) in [6, 6.07) is 8.57. The van der Waals surface area contributed by atoms with E-state index in [4.69, 9.17) is 16.2 Å². The van der Waals surface area contributed by atoms with Crippen LogP contribution in [0.15, 0.2) is 30.3 Å². The van der Waals surface area contributed by atoms with Crippen LogP contribution in [0.3, 0.4) is 0 Å². The zero-order valence-electron chi connectivity index (χ0n) is 36.3. The van der Waals surface area contributed by atoms with Gasteiger partial charge >= 0.3 is 0 Å². The Hall–Kier alpha value is -1.59. The fourth-order valence-corrected chi connectivity index (χ4v) is 8.14. The summed E-state index contributed by atoms with van der Waals surface area (Å²) in [5.74, 6) is -2.71. The van der Waals surface area contributed by atoms with Crippen molar-refractivity contribution < 1.29 is 29.6 Å². The highest BCUT2D eigenvalue weighted by molar-refractivity contribution is 5.85. The molecular formula is C47H86ClN3O6. The van der Waals surface area contributed by atoms with Gasteiger partial charge in [-0.3, -0.25) is 20.2 Å². The maximum Gasteiger partial charge on any atom is 0.227 e. The number of ketones is 1. The Morgan fingerprint density at radius 2 is 1.05 bits per heavy atom. The van der Waals surface area contributed by atoms with Crippen molar-refractivity contribution in [2.75, 3.05) is 6.54 Å². The summed E-state index contributed by atoms with van der Waals surface area (Å²) in [5, 5.41) is 33.2. The number of ether oxygens (including phenoxy) is 1. The van der Waals surface area contributed by atoms with Crippen LogP contribution in [0.4, 0.5) is 0 Å². The van der Waals surface area contributed by atoms with Gasteiger partial charge in [-0.1, -0.05) is 205 Å². The molecular weight excluding hydrogens is 738 g/mol. The first kappa shape index (κ1) is 53.4. The molecule has 332 valence electrons. The molecule has 1 saturated heterocycles. The van der Waals surface area contributed by atoms with Crippen molar-refractivity contribution in [3.05, 3.63) is 35.9 Å². The first-order chi connectivity index (χ1) is 27.2. The van der Waals surface area contributed by atoms with E-state index < -0.39 is 36.3 Å². The molecule has 0 unspecified atom stereocenters. The third kappa shape index (κ3) is 22.0. The molecule has 1 aromatic rings. The standard InChI is InChI=1S/C47H85N3O6.ClH/c1-3-5-7-9-11-13-15-17-18-19-20-22-24-26-31-35-43(52)50(36-32-27-25-23-21-16-14-12-10-8-6-4-2)47(49)46(55)45(54)44(53)42(56-47)38-41(51)40(48)37-39-33-29-28-30-34-39;/h28-30,33-34,40,42,44-46,53-55H,3-27,31-32,35-38,48-49H2,1-2H3;1H/t40-,42+,44+,45-,46+,47-;/m0./s1. The van der Waals surface area contributed by atoms with Gasteiger partial charge in [0.2, 0.25) is 11.8 Å². The van der Waals surface area contributed by atoms with Gasteiger partial charge < -0.3 is 25.8 Å². The molecule has 0 radical (unpaired) electrons. The summed E-state index contributed by atoms with van der Waals surface area (Å²) in [4.78, 5) is 28.5. The Labute approximate surface area is 354 Å². The van der Waals surface area contributed by atoms with Gasteiger partial charge in [0.25, 0.3) is 0 Å². The Balaban J connectivity index is 0.0000162. The number of hydrogen-bond donors (Lipinski definition) is 5. The van der Waals surface area contributed by atoms with Gasteiger partial charge in [-0.15, -0.1) is 12.4 Å². The number of hydrogen-bond acceptors (Lipinski definition) is 8. The number of rotatable bonds is 35. The maximum absolute atomic E-state index is 13.9. The summed E-state index contributed by atoms with van der Waals surface area (Å²) in [6.07, 6.45) is 26.4. The van der Waals surface area contributed by atoms with E-state index in [1.54, 1.807) is 0 Å². The lowest BCUT2D eigenvalue weighted by Crippen LogP contribution is -2.76. The van der Waals surface area contributed by atoms with E-state index in [1.165, 1.54) is 127 Å². The molecule has 1 aromatic carbocycles. The van der Waals surface area contributed by atoms with E-state index in [2.05, 4.69) is 13.8 Å². The molecule has 1 heterocycles. The third-order valence-electron chi connectivity index (χ3n) is 11.9. The molecule has 57 heavy (non-hydrogen) atoms. The SMILES string of the molecule is CCCCCCCCCCCCCCCCCC(=O)N(CCCCCCCCCCCCCC)[C@]1(N)O[C@H](CC(=O)[C@@H](N)Cc2ccccc2)[C@@H](O)[C@H](O)[C@H]1O.Cl. The largest absolute Gasteiger partial charge is 0.388 e. The summed E-state index contributed by atoms with van der Waals surface area (Å²) in [5.41, 5.74) is 13.9. The minimum Gasteiger partial charge on any atom is -0.388 e. The average molecular weight is 825 g/mol. The molecule has 9 nitrogen and oxygen atoms in total. The first-order valence-corrected chi connectivity index (χ1v) is 23.3. The zero-order valence-corrected chi connectivity index (χ0v) is 37.1. The van der Waals surface area contributed by atoms with E-state index in [0.29, 0.717) is 19.3 Å². The van der Waals surface area contributed by atoms with E-state index in [1.807, 2.05) is 30.3 Å². The number of unbranched alkanes of at least 4 members (excludes halogenated alkanes) is 25. The quantitative estimate of drug-likeness (QED) is 0.0334. The van der Waals surface area contributed by atoms with E-state index >= 15 is 0 Å². The number of carbonyl (C=O) groups excluding carboxylic acids is 2. The van der Waals surface area contributed by atoms with Crippen LogP contribution >= 0.6 is 12.4 Å². The number of amides is 1. The molecule has 0 aliphatic carbocycles. The van der Waals surface area contributed by atoms with Crippen LogP contribution in [0.2, 0.25) is 0 Å². The lowest BCUT2D eigenvalue weighted by atomic mass is 9.89. The molecule has 0 saturated carbocycles. The van der Waals surface area contributed by atoms with Crippen molar-refractivity contribution in [1.29, 1.82) is 0 Å². The van der Waals surface area contributed by atoms with Gasteiger partial charge in [-0.25, -0.2) is 0 Å². The Kier molecular flexibility index (Phi) is 31.1. The highest BCUT2D eigenvalue weighted by Crippen LogP contribution is 2.32. The maximum atomic E-state index is 13.9. The summed E-state index contributed by atoms with van der Waals surface area (Å²) >= 11 is 0. The second-order valence-electron chi connectivity index (χ2n) is 16.9. The topological polar surface area (TPSA) is 159 Å². The summed E-state index contributed by atoms with van der Waals surface area (Å²) < 4.78 is 6.16. The van der Waals surface area contributed by atoms with Crippen molar-refractivity contribution in [2.45, 2.75) is 243 Å². The number of Topliss-reactive ketones (excluding diaryl/α,β-unsaturated/α-hetero) is 1. The second kappa shape index (κ2) is 33.2. The molecule has 0 aromatic heterocycles. The molecule has 1 amide bonds. The fourth-order valence-electron chi connectivity index (χ4n) is 8.14. The van der Waals surface area contributed by atoms with Crippen LogP contribution in [0.5, 0.6) is 0 Å². The monoisotopic (exact) mass is 824 g/mol. The number of halogens is 1. The highest BCUT2D eigenvalue weighted by Gasteiger charge is 2.56. The molecule has 0 bridgehead atoms. The number of aliphatic hydroxyl groups excluding tert-OH is 3. The minimum atomic E-state index is -2.10. The van der Waals surface area contributed by atoms with Crippen molar-refractivity contribution >= 4 is 24.1 Å². The molecule has 1 aliphatic heterocycles. The van der Waals surface area contributed by atoms with Gasteiger partial charge in [-0.2, -0.15) is 0 Å². The fraction of sp³-hybridized carbons (Fsp3) is 0.830. The van der Waals surface area contributed by atoms with Crippen molar-refractivity contribution in [3.8, 4) is 0 Å². The van der Waals surface area contributed by atoms with Crippen LogP contribution in [0, 0.1) is 0 Å². The van der Waals surface area contributed by atoms with Crippen LogP contribution in [0.1, 0.15) is 206 Å². The van der Waals surface area contributed by atoms with Gasteiger partial charge in [0, 0.05) is 19.4 Å². The highest BCUT2D eigenvalue weighted by atomic mass is 35.5. The number of carbonyl (C=O) groups is 2. The van der Waals surface area contributed by atoms with Gasteiger partial charge in [0.1, 0.15) is 18.3 Å². The van der Waals surface area contributed by atoms with E-state index in [0.717, 1.165) is 44.1 Å². The molecule has 0 spiro atoms. The van der Waals surface area contributed by atoms with Gasteiger partial charge in [0.05, 0.1) is 12.1 Å². The normalized spacial score (nSPS) is 21.2. The van der Waals surface area contributed by atoms with Crippen LogP contribution in [-0.4, -0.2) is 74.8 Å². The third-order valence-corrected chi connectivity index (χ3v) is 11.9. The smallest absolute Gasteiger partial charge is 0.227 e. The molecule has 1 aliphatic rings. The second-order valence-corrected chi connectivity index (χ2v) is 16.9. The first-order valence-electron chi connectivity index (χ1n) is 23.3. The number of nitrogens with two attached hydrogens (primary N) is 2. The van der Waals surface area contributed by atoms with Crippen LogP contribution < -0.4 is 11.5 Å². The van der Waals surface area contributed by atoms with E-state index in [-0.39, 0.29) is 43.5 Å². The zero-order chi connectivity index (χ0) is 40.9. The van der Waals surface area contributed by atoms with Crippen molar-refractivity contribution in [1.82, 2.24) is 4.90 Å². The number of nitrogens with zero attached hydrogens (tertiary/aromatic N) is 1. The molecule has 10 heteroatoms. The Bertz CT molecular complexity index is 1130. The van der Waals surface area contributed by atoms with Crippen molar-refractivity contribution in [3.63, 3.8) is 0 Å². The van der Waals surface area contributed by atoms with E-state index in [9.17, 15) is 24.9 Å². The molecule has 6 atom stereocenters. The lowest BCUT2D eigenvalue weighted by molar-refractivity contribution is -0.309. The molecule has 7 N–H and O–H groups in total. The van der Waals surface area contributed by atoms with Crippen LogP contribution in [0.25, 0.3) is 0 Å². The number of benzene rings is 1. The Morgan fingerprint density at radius 1 is 0.649 bits per heavy atom. The minimum absolute atomic E-state index is 0. The lowest BCUT2D eigenvalue weighted by Gasteiger charge is -2.51. The van der Waals surface area contributed by atoms with Gasteiger partial charge in [-0.05, 0) is 24.8 Å². The molecule has 2 rings (SSSR count). The predicted octanol–water partition coefficient (Wildman–Crippen LogP) is 9.82. The van der Waals surface area contributed by atoms with Crippen LogP contribution in [-0.2, 0) is 20.7 Å². The van der Waals surface area contributed by atoms with Crippen molar-refractivity contribution in [2.24, 2.45) is 11.5 Å². The summed E-state index contributed by atoms with van der Waals surface area (Å²) in [7, 11) is 0. The molecule has 1 fully saturated rings.